The van der Waals surface area contributed by atoms with Crippen LogP contribution in [0.2, 0.25) is 0 Å². The Kier molecular flexibility index (Phi) is 6.69. The third-order valence-electron chi connectivity index (χ3n) is 5.70. The molecule has 27 heavy (non-hydrogen) atoms. The van der Waals surface area contributed by atoms with Gasteiger partial charge in [0.25, 0.3) is 10.0 Å². The normalized spacial score (nSPS) is 24.5. The van der Waals surface area contributed by atoms with Crippen LogP contribution >= 0.6 is 11.3 Å². The number of nitrogens with one attached hydrogen (secondary N) is 2. The van der Waals surface area contributed by atoms with Crippen molar-refractivity contribution in [3.63, 3.8) is 0 Å². The molecule has 0 bridgehead atoms. The fraction of sp³-hybridized carbons (Fsp3) is 0.824. The molecule has 8 nitrogen and oxygen atoms in total. The SMILES string of the molecule is CNS(=O)(=O)c1nnc(NC(=O)N(C2CCCCC2)[C@H]2CC[C@H](C)CC2)s1. The topological polar surface area (TPSA) is 104 Å². The van der Waals surface area contributed by atoms with Crippen molar-refractivity contribution < 1.29 is 13.2 Å². The lowest BCUT2D eigenvalue weighted by atomic mass is 9.84. The zero-order valence-corrected chi connectivity index (χ0v) is 17.6. The van der Waals surface area contributed by atoms with E-state index in [1.165, 1.54) is 13.5 Å². The van der Waals surface area contributed by atoms with Crippen LogP contribution in [0.3, 0.4) is 0 Å². The van der Waals surface area contributed by atoms with Gasteiger partial charge in [-0.2, -0.15) is 0 Å². The Hall–Kier alpha value is -1.26. The van der Waals surface area contributed by atoms with Crippen molar-refractivity contribution in [2.24, 2.45) is 5.92 Å². The quantitative estimate of drug-likeness (QED) is 0.719. The monoisotopic (exact) mass is 415 g/mol. The second kappa shape index (κ2) is 8.83. The Labute approximate surface area is 165 Å². The van der Waals surface area contributed by atoms with E-state index in [2.05, 4.69) is 27.2 Å². The summed E-state index contributed by atoms with van der Waals surface area (Å²) in [5.74, 6) is 0.718. The van der Waals surface area contributed by atoms with Crippen molar-refractivity contribution in [2.45, 2.75) is 81.1 Å². The van der Waals surface area contributed by atoms with Crippen LogP contribution in [0.4, 0.5) is 9.93 Å². The molecule has 2 aliphatic carbocycles. The van der Waals surface area contributed by atoms with E-state index >= 15 is 0 Å². The van der Waals surface area contributed by atoms with Crippen molar-refractivity contribution >= 4 is 32.5 Å². The van der Waals surface area contributed by atoms with Crippen molar-refractivity contribution in [3.8, 4) is 0 Å². The molecule has 152 valence electrons. The summed E-state index contributed by atoms with van der Waals surface area (Å²) in [4.78, 5) is 15.1. The maximum atomic E-state index is 13.1. The Bertz CT molecular complexity index is 738. The van der Waals surface area contributed by atoms with Gasteiger partial charge in [-0.15, -0.1) is 10.2 Å². The molecule has 2 fully saturated rings. The number of hydrogen-bond donors (Lipinski definition) is 2. The predicted octanol–water partition coefficient (Wildman–Crippen LogP) is 3.19. The van der Waals surface area contributed by atoms with Crippen molar-refractivity contribution in [3.05, 3.63) is 0 Å². The van der Waals surface area contributed by atoms with Crippen LogP contribution in [0, 0.1) is 5.92 Å². The maximum Gasteiger partial charge on any atom is 0.324 e. The van der Waals surface area contributed by atoms with Crippen molar-refractivity contribution in [2.75, 3.05) is 12.4 Å². The van der Waals surface area contributed by atoms with Crippen LogP contribution in [0.1, 0.15) is 64.7 Å². The number of carbonyl (C=O) groups is 1. The molecular formula is C17H29N5O3S2. The zero-order chi connectivity index (χ0) is 19.4. The van der Waals surface area contributed by atoms with Gasteiger partial charge in [0.2, 0.25) is 9.47 Å². The first-order chi connectivity index (χ1) is 12.9. The first kappa shape index (κ1) is 20.5. The van der Waals surface area contributed by atoms with E-state index in [4.69, 9.17) is 0 Å². The molecule has 0 radical (unpaired) electrons. The van der Waals surface area contributed by atoms with Gasteiger partial charge in [0.15, 0.2) is 0 Å². The molecule has 0 aromatic carbocycles. The van der Waals surface area contributed by atoms with Gasteiger partial charge in [-0.1, -0.05) is 37.5 Å². The summed E-state index contributed by atoms with van der Waals surface area (Å²) in [5.41, 5.74) is 0. The highest BCUT2D eigenvalue weighted by molar-refractivity contribution is 7.91. The fourth-order valence-corrected chi connectivity index (χ4v) is 5.84. The van der Waals surface area contributed by atoms with E-state index in [9.17, 15) is 13.2 Å². The second-order valence-corrected chi connectivity index (χ2v) is 10.7. The molecule has 0 spiro atoms. The average Bonchev–Trinajstić information content (AvgIpc) is 3.14. The lowest BCUT2D eigenvalue weighted by Crippen LogP contribution is -2.51. The van der Waals surface area contributed by atoms with Gasteiger partial charge in [0, 0.05) is 12.1 Å². The van der Waals surface area contributed by atoms with Crippen molar-refractivity contribution in [1.82, 2.24) is 19.8 Å². The number of urea groups is 1. The van der Waals surface area contributed by atoms with E-state index < -0.39 is 10.0 Å². The Morgan fingerprint density at radius 2 is 1.67 bits per heavy atom. The van der Waals surface area contributed by atoms with Crippen LogP contribution in [0.5, 0.6) is 0 Å². The van der Waals surface area contributed by atoms with Gasteiger partial charge in [-0.05, 0) is 51.5 Å². The maximum absolute atomic E-state index is 13.1. The second-order valence-electron chi connectivity index (χ2n) is 7.62. The lowest BCUT2D eigenvalue weighted by molar-refractivity contribution is 0.105. The first-order valence-corrected chi connectivity index (χ1v) is 12.1. The molecule has 0 atom stereocenters. The van der Waals surface area contributed by atoms with Gasteiger partial charge < -0.3 is 4.90 Å². The van der Waals surface area contributed by atoms with E-state index in [0.717, 1.165) is 68.6 Å². The first-order valence-electron chi connectivity index (χ1n) is 9.77. The van der Waals surface area contributed by atoms with E-state index in [1.54, 1.807) is 0 Å². The number of rotatable bonds is 5. The molecule has 0 unspecified atom stereocenters. The third kappa shape index (κ3) is 4.97. The lowest BCUT2D eigenvalue weighted by Gasteiger charge is -2.42. The molecule has 10 heteroatoms. The molecule has 1 aromatic rings. The van der Waals surface area contributed by atoms with Crippen molar-refractivity contribution in [1.29, 1.82) is 0 Å². The molecule has 1 heterocycles. The van der Waals surface area contributed by atoms with Gasteiger partial charge in [-0.25, -0.2) is 17.9 Å². The molecule has 1 aromatic heterocycles. The van der Waals surface area contributed by atoms with E-state index in [-0.39, 0.29) is 27.6 Å². The minimum Gasteiger partial charge on any atom is -0.319 e. The Balaban J connectivity index is 1.74. The number of anilines is 1. The molecule has 2 saturated carbocycles. The average molecular weight is 416 g/mol. The highest BCUT2D eigenvalue weighted by Crippen LogP contribution is 2.33. The Morgan fingerprint density at radius 1 is 1.04 bits per heavy atom. The Morgan fingerprint density at radius 3 is 2.30 bits per heavy atom. The van der Waals surface area contributed by atoms with E-state index in [1.807, 2.05) is 4.90 Å². The summed E-state index contributed by atoms with van der Waals surface area (Å²) < 4.78 is 25.7. The number of sulfonamides is 1. The number of nitrogens with zero attached hydrogens (tertiary/aromatic N) is 3. The summed E-state index contributed by atoms with van der Waals surface area (Å²) >= 11 is 0.873. The molecule has 0 saturated heterocycles. The number of aromatic nitrogens is 2. The van der Waals surface area contributed by atoms with Crippen LogP contribution in [0.15, 0.2) is 4.34 Å². The van der Waals surface area contributed by atoms with Crippen LogP contribution in [-0.4, -0.2) is 48.7 Å². The summed E-state index contributed by atoms with van der Waals surface area (Å²) in [7, 11) is -2.33. The van der Waals surface area contributed by atoms with Gasteiger partial charge in [0.05, 0.1) is 0 Å². The van der Waals surface area contributed by atoms with Crippen LogP contribution in [-0.2, 0) is 10.0 Å². The minimum atomic E-state index is -3.65. The van der Waals surface area contributed by atoms with E-state index in [0.29, 0.717) is 0 Å². The van der Waals surface area contributed by atoms with Gasteiger partial charge in [0.1, 0.15) is 0 Å². The fourth-order valence-electron chi connectivity index (χ4n) is 4.12. The highest BCUT2D eigenvalue weighted by Gasteiger charge is 2.34. The highest BCUT2D eigenvalue weighted by atomic mass is 32.2. The molecule has 2 aliphatic rings. The van der Waals surface area contributed by atoms with Crippen LogP contribution in [0.25, 0.3) is 0 Å². The number of amides is 2. The molecular weight excluding hydrogens is 386 g/mol. The van der Waals surface area contributed by atoms with Crippen LogP contribution < -0.4 is 10.0 Å². The summed E-state index contributed by atoms with van der Waals surface area (Å²) in [5, 5.41) is 10.6. The summed E-state index contributed by atoms with van der Waals surface area (Å²) in [6.07, 6.45) is 9.96. The molecule has 3 rings (SSSR count). The standard InChI is InChI=1S/C17H29N5O3S2/c1-12-8-10-14(11-9-12)22(13-6-4-3-5-7-13)16(23)19-15-20-21-17(26-15)27(24,25)18-2/h12-14,18H,3-11H2,1-2H3,(H,19,20,23)/t12-,14-. The zero-order valence-electron chi connectivity index (χ0n) is 16.0. The smallest absolute Gasteiger partial charge is 0.319 e. The minimum absolute atomic E-state index is 0.143. The number of carbonyl (C=O) groups excluding carboxylic acids is 1. The molecule has 0 aliphatic heterocycles. The molecule has 2 amide bonds. The van der Waals surface area contributed by atoms with Gasteiger partial charge in [-0.3, -0.25) is 5.32 Å². The largest absolute Gasteiger partial charge is 0.324 e. The predicted molar refractivity (Wildman–Crippen MR) is 105 cm³/mol. The summed E-state index contributed by atoms with van der Waals surface area (Å²) in [6.45, 7) is 2.27. The number of hydrogen-bond acceptors (Lipinski definition) is 6. The summed E-state index contributed by atoms with van der Waals surface area (Å²) in [6, 6.07) is 0.328. The van der Waals surface area contributed by atoms with Gasteiger partial charge >= 0.3 is 6.03 Å². The molecule has 2 N–H and O–H groups in total. The third-order valence-corrected chi connectivity index (χ3v) is 8.32.